The summed E-state index contributed by atoms with van der Waals surface area (Å²) in [5.41, 5.74) is 0.821. The van der Waals surface area contributed by atoms with Crippen molar-refractivity contribution < 1.29 is 27.5 Å². The van der Waals surface area contributed by atoms with Crippen LogP contribution in [-0.4, -0.2) is 31.6 Å². The molecule has 10 heteroatoms. The maximum atomic E-state index is 13.8. The van der Waals surface area contributed by atoms with Crippen LogP contribution in [0.25, 0.3) is 10.9 Å². The van der Waals surface area contributed by atoms with Gasteiger partial charge in [0.05, 0.1) is 5.69 Å². The van der Waals surface area contributed by atoms with Crippen molar-refractivity contribution in [3.63, 3.8) is 0 Å². The fourth-order valence-electron chi connectivity index (χ4n) is 3.14. The summed E-state index contributed by atoms with van der Waals surface area (Å²) in [6.45, 7) is -0.231. The van der Waals surface area contributed by atoms with E-state index in [2.05, 4.69) is 5.10 Å². The highest BCUT2D eigenvalue weighted by Crippen LogP contribution is 2.28. The number of fused-ring (bicyclic) bond motifs is 1. The monoisotopic (exact) mass is 397 g/mol. The van der Waals surface area contributed by atoms with Crippen molar-refractivity contribution in [2.24, 2.45) is 0 Å². The van der Waals surface area contributed by atoms with Gasteiger partial charge >= 0.3 is 12.1 Å². The standard InChI is InChI=1S/C18H15F4N3O3/c1-10-13(7-12-3-5-16(26)25(23-12)9-18(20,21)22)14-6-11(19)2-4-15(14)24(10)8-17(27)28/h2-6H,7-9H2,1H3,(H,27,28). The third kappa shape index (κ3) is 4.05. The predicted octanol–water partition coefficient (Wildman–Crippen LogP) is 2.88. The third-order valence-electron chi connectivity index (χ3n) is 4.32. The molecule has 28 heavy (non-hydrogen) atoms. The average molecular weight is 397 g/mol. The molecule has 0 spiro atoms. The number of hydrogen-bond donors (Lipinski definition) is 1. The summed E-state index contributed by atoms with van der Waals surface area (Å²) in [5, 5.41) is 13.3. The molecule has 3 rings (SSSR count). The molecular weight excluding hydrogens is 382 g/mol. The Hall–Kier alpha value is -3.17. The van der Waals surface area contributed by atoms with Crippen LogP contribution in [0.5, 0.6) is 0 Å². The van der Waals surface area contributed by atoms with Crippen molar-refractivity contribution in [2.45, 2.75) is 32.6 Å². The highest BCUT2D eigenvalue weighted by atomic mass is 19.4. The van der Waals surface area contributed by atoms with Gasteiger partial charge in [0.15, 0.2) is 0 Å². The van der Waals surface area contributed by atoms with Crippen molar-refractivity contribution in [1.29, 1.82) is 0 Å². The summed E-state index contributed by atoms with van der Waals surface area (Å²) in [5.74, 6) is -1.62. The molecule has 1 aromatic carbocycles. The number of aromatic nitrogens is 3. The van der Waals surface area contributed by atoms with Crippen LogP contribution in [0.4, 0.5) is 17.6 Å². The average Bonchev–Trinajstić information content (AvgIpc) is 2.81. The van der Waals surface area contributed by atoms with Gasteiger partial charge in [-0.2, -0.15) is 18.3 Å². The summed E-state index contributed by atoms with van der Waals surface area (Å²) < 4.78 is 53.4. The first-order valence-electron chi connectivity index (χ1n) is 8.18. The van der Waals surface area contributed by atoms with E-state index in [4.69, 9.17) is 5.11 Å². The van der Waals surface area contributed by atoms with Gasteiger partial charge in [-0.3, -0.25) is 9.59 Å². The Bertz CT molecular complexity index is 1120. The molecule has 0 aliphatic rings. The van der Waals surface area contributed by atoms with Crippen LogP contribution in [0.3, 0.4) is 0 Å². The first-order chi connectivity index (χ1) is 13.0. The number of carboxylic acid groups (broad SMARTS) is 1. The Labute approximate surface area is 155 Å². The lowest BCUT2D eigenvalue weighted by Crippen LogP contribution is -2.30. The molecule has 0 radical (unpaired) electrons. The molecule has 0 saturated heterocycles. The van der Waals surface area contributed by atoms with Gasteiger partial charge in [0.25, 0.3) is 5.56 Å². The van der Waals surface area contributed by atoms with Gasteiger partial charge in [0, 0.05) is 29.1 Å². The zero-order valence-electron chi connectivity index (χ0n) is 14.6. The summed E-state index contributed by atoms with van der Waals surface area (Å²) in [7, 11) is 0. The number of carbonyl (C=O) groups is 1. The second-order valence-electron chi connectivity index (χ2n) is 6.32. The topological polar surface area (TPSA) is 77.1 Å². The van der Waals surface area contributed by atoms with E-state index in [1.807, 2.05) is 0 Å². The van der Waals surface area contributed by atoms with Crippen molar-refractivity contribution in [1.82, 2.24) is 14.3 Å². The molecule has 0 aliphatic heterocycles. The summed E-state index contributed by atoms with van der Waals surface area (Å²) >= 11 is 0. The maximum absolute atomic E-state index is 13.8. The number of halogens is 4. The molecular formula is C18H15F4N3O3. The van der Waals surface area contributed by atoms with Crippen LogP contribution >= 0.6 is 0 Å². The molecule has 2 aromatic heterocycles. The SMILES string of the molecule is Cc1c(Cc2ccc(=O)n(CC(F)(F)F)n2)c2cc(F)ccc2n1CC(=O)O. The van der Waals surface area contributed by atoms with Crippen molar-refractivity contribution >= 4 is 16.9 Å². The zero-order valence-corrected chi connectivity index (χ0v) is 14.6. The van der Waals surface area contributed by atoms with Crippen LogP contribution in [-0.2, 0) is 24.3 Å². The van der Waals surface area contributed by atoms with Gasteiger partial charge in [0.2, 0.25) is 0 Å². The Morgan fingerprint density at radius 1 is 1.21 bits per heavy atom. The van der Waals surface area contributed by atoms with E-state index in [9.17, 15) is 27.2 Å². The molecule has 148 valence electrons. The van der Waals surface area contributed by atoms with Gasteiger partial charge in [-0.1, -0.05) is 0 Å². The van der Waals surface area contributed by atoms with Crippen LogP contribution in [0.15, 0.2) is 35.1 Å². The predicted molar refractivity (Wildman–Crippen MR) is 91.6 cm³/mol. The number of aliphatic carboxylic acids is 1. The Morgan fingerprint density at radius 2 is 1.93 bits per heavy atom. The van der Waals surface area contributed by atoms with Gasteiger partial charge < -0.3 is 9.67 Å². The Balaban J connectivity index is 2.09. The quantitative estimate of drug-likeness (QED) is 0.672. The highest BCUT2D eigenvalue weighted by molar-refractivity contribution is 5.87. The van der Waals surface area contributed by atoms with Crippen LogP contribution < -0.4 is 5.56 Å². The first-order valence-corrected chi connectivity index (χ1v) is 8.18. The number of rotatable bonds is 5. The molecule has 0 unspecified atom stereocenters. The van der Waals surface area contributed by atoms with E-state index in [0.29, 0.717) is 26.8 Å². The second-order valence-corrected chi connectivity index (χ2v) is 6.32. The molecule has 0 amide bonds. The van der Waals surface area contributed by atoms with Gasteiger partial charge in [-0.05, 0) is 36.8 Å². The molecule has 0 saturated carbocycles. The number of alkyl halides is 3. The van der Waals surface area contributed by atoms with Crippen molar-refractivity contribution in [3.05, 3.63) is 63.5 Å². The molecule has 0 bridgehead atoms. The van der Waals surface area contributed by atoms with Crippen LogP contribution in [0.2, 0.25) is 0 Å². The number of hydrogen-bond acceptors (Lipinski definition) is 3. The lowest BCUT2D eigenvalue weighted by atomic mass is 10.1. The largest absolute Gasteiger partial charge is 0.480 e. The van der Waals surface area contributed by atoms with E-state index in [0.717, 1.165) is 6.07 Å². The molecule has 0 atom stereocenters. The molecule has 0 fully saturated rings. The van der Waals surface area contributed by atoms with E-state index in [-0.39, 0.29) is 18.7 Å². The molecule has 6 nitrogen and oxygen atoms in total. The number of carboxylic acids is 1. The Kier molecular flexibility index (Phi) is 4.97. The van der Waals surface area contributed by atoms with Crippen LogP contribution in [0, 0.1) is 12.7 Å². The smallest absolute Gasteiger partial charge is 0.408 e. The Morgan fingerprint density at radius 3 is 2.57 bits per heavy atom. The lowest BCUT2D eigenvalue weighted by Gasteiger charge is -2.10. The summed E-state index contributed by atoms with van der Waals surface area (Å²) in [6.07, 6.45) is -4.59. The number of benzene rings is 1. The van der Waals surface area contributed by atoms with E-state index in [1.165, 1.54) is 28.8 Å². The van der Waals surface area contributed by atoms with E-state index >= 15 is 0 Å². The third-order valence-corrected chi connectivity index (χ3v) is 4.32. The first kappa shape index (κ1) is 19.6. The fourth-order valence-corrected chi connectivity index (χ4v) is 3.14. The van der Waals surface area contributed by atoms with Gasteiger partial charge in [-0.15, -0.1) is 0 Å². The normalized spacial score (nSPS) is 11.9. The molecule has 3 aromatic rings. The van der Waals surface area contributed by atoms with Gasteiger partial charge in [0.1, 0.15) is 18.9 Å². The number of nitrogens with zero attached hydrogens (tertiary/aromatic N) is 3. The van der Waals surface area contributed by atoms with Gasteiger partial charge in [-0.25, -0.2) is 9.07 Å². The molecule has 2 heterocycles. The minimum Gasteiger partial charge on any atom is -0.480 e. The summed E-state index contributed by atoms with van der Waals surface area (Å²) in [4.78, 5) is 22.8. The van der Waals surface area contributed by atoms with E-state index < -0.39 is 30.1 Å². The van der Waals surface area contributed by atoms with Crippen molar-refractivity contribution in [2.75, 3.05) is 0 Å². The fraction of sp³-hybridized carbons (Fsp3) is 0.278. The van der Waals surface area contributed by atoms with Crippen molar-refractivity contribution in [3.8, 4) is 0 Å². The highest BCUT2D eigenvalue weighted by Gasteiger charge is 2.29. The minimum absolute atomic E-state index is 0.0105. The lowest BCUT2D eigenvalue weighted by molar-refractivity contribution is -0.143. The summed E-state index contributed by atoms with van der Waals surface area (Å²) in [6, 6.07) is 6.17. The van der Waals surface area contributed by atoms with Crippen LogP contribution in [0.1, 0.15) is 17.0 Å². The second kappa shape index (κ2) is 7.10. The van der Waals surface area contributed by atoms with E-state index in [1.54, 1.807) is 6.92 Å². The molecule has 0 aliphatic carbocycles. The molecule has 1 N–H and O–H groups in total. The minimum atomic E-state index is -4.61. The maximum Gasteiger partial charge on any atom is 0.408 e. The zero-order chi connectivity index (χ0) is 20.6.